The summed E-state index contributed by atoms with van der Waals surface area (Å²) >= 11 is 5.80. The van der Waals surface area contributed by atoms with Crippen molar-refractivity contribution in [2.75, 3.05) is 6.54 Å². The van der Waals surface area contributed by atoms with Crippen LogP contribution in [-0.4, -0.2) is 23.4 Å². The van der Waals surface area contributed by atoms with Crippen LogP contribution in [0, 0.1) is 0 Å². The van der Waals surface area contributed by atoms with E-state index in [0.717, 1.165) is 5.56 Å². The third-order valence-electron chi connectivity index (χ3n) is 2.80. The molecule has 1 aromatic carbocycles. The van der Waals surface area contributed by atoms with Gasteiger partial charge in [0.25, 0.3) is 0 Å². The molecule has 2 unspecified atom stereocenters. The van der Waals surface area contributed by atoms with E-state index in [1.54, 1.807) is 4.90 Å². The number of halogens is 1. The first-order chi connectivity index (χ1) is 7.15. The highest BCUT2D eigenvalue weighted by Gasteiger charge is 2.44. The molecule has 4 heteroatoms. The number of carbonyl (C=O) groups is 1. The molecule has 0 aromatic heterocycles. The molecule has 15 heavy (non-hydrogen) atoms. The van der Waals surface area contributed by atoms with Gasteiger partial charge >= 0.3 is 0 Å². The summed E-state index contributed by atoms with van der Waals surface area (Å²) in [5.74, 6) is 0.0254. The largest absolute Gasteiger partial charge is 0.332 e. The maximum absolute atomic E-state index is 11.4. The van der Waals surface area contributed by atoms with Crippen molar-refractivity contribution in [3.8, 4) is 0 Å². The number of β-lactam (4-membered cyclic amide) rings is 1. The Balaban J connectivity index is 2.24. The van der Waals surface area contributed by atoms with Crippen LogP contribution in [-0.2, 0) is 4.79 Å². The van der Waals surface area contributed by atoms with E-state index in [1.807, 2.05) is 31.2 Å². The third-order valence-corrected chi connectivity index (χ3v) is 3.05. The van der Waals surface area contributed by atoms with Crippen molar-refractivity contribution >= 4 is 17.5 Å². The fraction of sp³-hybridized carbons (Fsp3) is 0.364. The Labute approximate surface area is 93.8 Å². The minimum absolute atomic E-state index is 0.0137. The van der Waals surface area contributed by atoms with Crippen LogP contribution in [0.25, 0.3) is 0 Å². The molecule has 1 heterocycles. The van der Waals surface area contributed by atoms with Gasteiger partial charge in [0.15, 0.2) is 0 Å². The lowest BCUT2D eigenvalue weighted by atomic mass is 9.89. The monoisotopic (exact) mass is 224 g/mol. The van der Waals surface area contributed by atoms with Gasteiger partial charge in [-0.3, -0.25) is 4.79 Å². The summed E-state index contributed by atoms with van der Waals surface area (Å²) in [6.45, 7) is 2.65. The summed E-state index contributed by atoms with van der Waals surface area (Å²) in [4.78, 5) is 13.2. The number of hydrogen-bond donors (Lipinski definition) is 1. The van der Waals surface area contributed by atoms with Crippen LogP contribution < -0.4 is 5.73 Å². The van der Waals surface area contributed by atoms with Crippen molar-refractivity contribution in [3.63, 3.8) is 0 Å². The second-order valence-electron chi connectivity index (χ2n) is 3.65. The molecule has 1 fully saturated rings. The summed E-state index contributed by atoms with van der Waals surface area (Å²) in [7, 11) is 0. The van der Waals surface area contributed by atoms with Crippen molar-refractivity contribution in [3.05, 3.63) is 34.9 Å². The lowest BCUT2D eigenvalue weighted by Crippen LogP contribution is -2.62. The molecule has 0 bridgehead atoms. The third kappa shape index (κ3) is 1.62. The van der Waals surface area contributed by atoms with E-state index in [4.69, 9.17) is 17.3 Å². The molecule has 2 N–H and O–H groups in total. The van der Waals surface area contributed by atoms with Crippen molar-refractivity contribution in [2.24, 2.45) is 5.73 Å². The normalized spacial score (nSPS) is 25.3. The minimum atomic E-state index is -0.397. The van der Waals surface area contributed by atoms with Crippen molar-refractivity contribution in [1.29, 1.82) is 0 Å². The van der Waals surface area contributed by atoms with Gasteiger partial charge in [-0.25, -0.2) is 0 Å². The van der Waals surface area contributed by atoms with Gasteiger partial charge in [0.2, 0.25) is 5.91 Å². The van der Waals surface area contributed by atoms with Crippen LogP contribution in [0.3, 0.4) is 0 Å². The lowest BCUT2D eigenvalue weighted by Gasteiger charge is -2.45. The average molecular weight is 225 g/mol. The fourth-order valence-electron chi connectivity index (χ4n) is 1.98. The van der Waals surface area contributed by atoms with Gasteiger partial charge < -0.3 is 10.6 Å². The Morgan fingerprint density at radius 1 is 1.40 bits per heavy atom. The lowest BCUT2D eigenvalue weighted by molar-refractivity contribution is -0.149. The maximum Gasteiger partial charge on any atom is 0.242 e. The first kappa shape index (κ1) is 10.5. The first-order valence-corrected chi connectivity index (χ1v) is 5.34. The van der Waals surface area contributed by atoms with Crippen LogP contribution in [0.1, 0.15) is 18.5 Å². The predicted molar refractivity (Wildman–Crippen MR) is 59.6 cm³/mol. The van der Waals surface area contributed by atoms with Crippen LogP contribution in [0.4, 0.5) is 0 Å². The average Bonchev–Trinajstić information content (AvgIpc) is 2.26. The molecule has 0 spiro atoms. The number of likely N-dealkylation sites (N-methyl/N-ethyl adjacent to an activating group) is 1. The van der Waals surface area contributed by atoms with E-state index in [9.17, 15) is 4.79 Å². The Kier molecular flexibility index (Phi) is 2.67. The highest BCUT2D eigenvalue weighted by atomic mass is 35.5. The molecule has 3 nitrogen and oxygen atoms in total. The molecule has 1 aromatic rings. The topological polar surface area (TPSA) is 46.3 Å². The number of amides is 1. The minimum Gasteiger partial charge on any atom is -0.332 e. The van der Waals surface area contributed by atoms with Crippen LogP contribution in [0.5, 0.6) is 0 Å². The second kappa shape index (κ2) is 3.83. The molecule has 2 rings (SSSR count). The van der Waals surface area contributed by atoms with E-state index in [2.05, 4.69) is 0 Å². The molecular formula is C11H13ClN2O. The maximum atomic E-state index is 11.4. The molecule has 0 aliphatic carbocycles. The quantitative estimate of drug-likeness (QED) is 0.776. The first-order valence-electron chi connectivity index (χ1n) is 4.96. The highest BCUT2D eigenvalue weighted by Crippen LogP contribution is 2.33. The zero-order valence-corrected chi connectivity index (χ0v) is 9.24. The van der Waals surface area contributed by atoms with E-state index < -0.39 is 6.04 Å². The van der Waals surface area contributed by atoms with Crippen LogP contribution in [0.2, 0.25) is 5.02 Å². The number of benzene rings is 1. The summed E-state index contributed by atoms with van der Waals surface area (Å²) in [5, 5.41) is 0.695. The van der Waals surface area contributed by atoms with E-state index in [1.165, 1.54) is 0 Å². The van der Waals surface area contributed by atoms with Gasteiger partial charge in [0.1, 0.15) is 6.04 Å². The highest BCUT2D eigenvalue weighted by molar-refractivity contribution is 6.30. The van der Waals surface area contributed by atoms with E-state index in [0.29, 0.717) is 11.6 Å². The summed E-state index contributed by atoms with van der Waals surface area (Å²) in [5.41, 5.74) is 6.83. The number of nitrogens with two attached hydrogens (primary N) is 1. The Hall–Kier alpha value is -1.06. The zero-order valence-electron chi connectivity index (χ0n) is 8.48. The molecule has 0 radical (unpaired) electrons. The van der Waals surface area contributed by atoms with Crippen molar-refractivity contribution < 1.29 is 4.79 Å². The molecule has 0 saturated carbocycles. The number of likely N-dealkylation sites (tertiary alicyclic amines) is 1. The van der Waals surface area contributed by atoms with Crippen molar-refractivity contribution in [2.45, 2.75) is 19.0 Å². The van der Waals surface area contributed by atoms with Crippen LogP contribution in [0.15, 0.2) is 24.3 Å². The molecular weight excluding hydrogens is 212 g/mol. The molecule has 1 aliphatic heterocycles. The summed E-state index contributed by atoms with van der Waals surface area (Å²) < 4.78 is 0. The van der Waals surface area contributed by atoms with E-state index >= 15 is 0 Å². The standard InChI is InChI=1S/C11H13ClN2O/c1-2-14-10(9(13)11(14)15)7-3-5-8(12)6-4-7/h3-6,9-10H,2,13H2,1H3. The molecule has 80 valence electrons. The zero-order chi connectivity index (χ0) is 11.0. The number of nitrogens with zero attached hydrogens (tertiary/aromatic N) is 1. The van der Waals surface area contributed by atoms with Crippen LogP contribution >= 0.6 is 11.6 Å². The molecule has 1 amide bonds. The smallest absolute Gasteiger partial charge is 0.242 e. The fourth-order valence-corrected chi connectivity index (χ4v) is 2.10. The Bertz CT molecular complexity index is 377. The van der Waals surface area contributed by atoms with Gasteiger partial charge in [-0.15, -0.1) is 0 Å². The second-order valence-corrected chi connectivity index (χ2v) is 4.08. The molecule has 1 aliphatic rings. The molecule has 2 atom stereocenters. The van der Waals surface area contributed by atoms with Gasteiger partial charge in [0.05, 0.1) is 6.04 Å². The van der Waals surface area contributed by atoms with Crippen molar-refractivity contribution in [1.82, 2.24) is 4.90 Å². The Morgan fingerprint density at radius 2 is 2.00 bits per heavy atom. The number of rotatable bonds is 2. The SMILES string of the molecule is CCN1C(=O)C(N)C1c1ccc(Cl)cc1. The molecule has 1 saturated heterocycles. The number of hydrogen-bond acceptors (Lipinski definition) is 2. The van der Waals surface area contributed by atoms with Gasteiger partial charge in [-0.1, -0.05) is 23.7 Å². The van der Waals surface area contributed by atoms with Gasteiger partial charge in [-0.2, -0.15) is 0 Å². The van der Waals surface area contributed by atoms with Gasteiger partial charge in [0, 0.05) is 11.6 Å². The summed E-state index contributed by atoms with van der Waals surface area (Å²) in [6.07, 6.45) is 0. The Morgan fingerprint density at radius 3 is 2.53 bits per heavy atom. The summed E-state index contributed by atoms with van der Waals surface area (Å²) in [6, 6.07) is 7.09. The number of carbonyl (C=O) groups excluding carboxylic acids is 1. The van der Waals surface area contributed by atoms with Gasteiger partial charge in [-0.05, 0) is 24.6 Å². The predicted octanol–water partition coefficient (Wildman–Crippen LogP) is 1.57. The van der Waals surface area contributed by atoms with E-state index in [-0.39, 0.29) is 11.9 Å².